The predicted molar refractivity (Wildman–Crippen MR) is 68.5 cm³/mol. The molecule has 0 atom stereocenters. The molecule has 0 radical (unpaired) electrons. The van der Waals surface area contributed by atoms with E-state index in [0.29, 0.717) is 5.41 Å². The van der Waals surface area contributed by atoms with Gasteiger partial charge in [0.2, 0.25) is 0 Å². The summed E-state index contributed by atoms with van der Waals surface area (Å²) in [6.45, 7) is 6.47. The molecular formula is C15H25NO. The molecule has 1 aliphatic heterocycles. The van der Waals surface area contributed by atoms with E-state index in [1.54, 1.807) is 0 Å². The summed E-state index contributed by atoms with van der Waals surface area (Å²) < 4.78 is 5.41. The highest BCUT2D eigenvalue weighted by Gasteiger charge is 2.40. The second kappa shape index (κ2) is 4.98. The van der Waals surface area contributed by atoms with Gasteiger partial charge in [0.25, 0.3) is 0 Å². The first-order valence-corrected chi connectivity index (χ1v) is 7.04. The summed E-state index contributed by atoms with van der Waals surface area (Å²) >= 11 is 0. The smallest absolute Gasteiger partial charge is 0.0689 e. The van der Waals surface area contributed by atoms with Gasteiger partial charge in [-0.25, -0.2) is 0 Å². The van der Waals surface area contributed by atoms with E-state index in [1.165, 1.54) is 12.8 Å². The molecule has 0 unspecified atom stereocenters. The third-order valence-electron chi connectivity index (χ3n) is 4.82. The van der Waals surface area contributed by atoms with Crippen molar-refractivity contribution in [3.05, 3.63) is 0 Å². The van der Waals surface area contributed by atoms with E-state index in [1.807, 2.05) is 0 Å². The maximum atomic E-state index is 9.56. The Bertz CT molecular complexity index is 287. The van der Waals surface area contributed by atoms with Gasteiger partial charge in [-0.05, 0) is 56.3 Å². The Morgan fingerprint density at radius 3 is 2.24 bits per heavy atom. The summed E-state index contributed by atoms with van der Waals surface area (Å²) in [5.41, 5.74) is 0.438. The number of rotatable bonds is 2. The molecule has 0 aromatic carbocycles. The summed E-state index contributed by atoms with van der Waals surface area (Å²) in [4.78, 5) is 0. The Balaban J connectivity index is 1.94. The molecule has 1 saturated carbocycles. The summed E-state index contributed by atoms with van der Waals surface area (Å²) in [6, 6.07) is 2.66. The van der Waals surface area contributed by atoms with Crippen molar-refractivity contribution in [1.29, 1.82) is 5.26 Å². The highest BCUT2D eigenvalue weighted by Crippen LogP contribution is 2.48. The average molecular weight is 235 g/mol. The second-order valence-corrected chi connectivity index (χ2v) is 6.82. The Kier molecular flexibility index (Phi) is 3.78. The fourth-order valence-electron chi connectivity index (χ4n) is 3.27. The van der Waals surface area contributed by atoms with Crippen LogP contribution in [0.5, 0.6) is 0 Å². The largest absolute Gasteiger partial charge is 0.381 e. The zero-order valence-electron chi connectivity index (χ0n) is 11.3. The Hall–Kier alpha value is -0.550. The third kappa shape index (κ3) is 3.22. The van der Waals surface area contributed by atoms with Crippen molar-refractivity contribution in [2.24, 2.45) is 16.7 Å². The van der Waals surface area contributed by atoms with Crippen LogP contribution < -0.4 is 0 Å². The summed E-state index contributed by atoms with van der Waals surface area (Å²) in [7, 11) is 0. The highest BCUT2D eigenvalue weighted by molar-refractivity contribution is 5.03. The van der Waals surface area contributed by atoms with Gasteiger partial charge in [-0.15, -0.1) is 0 Å². The second-order valence-electron chi connectivity index (χ2n) is 6.82. The van der Waals surface area contributed by atoms with Crippen LogP contribution in [0.4, 0.5) is 0 Å². The first-order valence-electron chi connectivity index (χ1n) is 7.04. The zero-order chi connectivity index (χ0) is 12.4. The molecule has 1 aliphatic carbocycles. The number of hydrogen-bond donors (Lipinski definition) is 0. The van der Waals surface area contributed by atoms with E-state index < -0.39 is 0 Å². The first kappa shape index (κ1) is 12.9. The molecule has 2 aliphatic rings. The van der Waals surface area contributed by atoms with Gasteiger partial charge in [0.15, 0.2) is 0 Å². The van der Waals surface area contributed by atoms with E-state index in [-0.39, 0.29) is 5.41 Å². The summed E-state index contributed by atoms with van der Waals surface area (Å²) in [6.07, 6.45) is 8.07. The van der Waals surface area contributed by atoms with Crippen LogP contribution in [0.2, 0.25) is 0 Å². The van der Waals surface area contributed by atoms with Crippen LogP contribution in [0.1, 0.15) is 58.8 Å². The number of hydrogen-bond acceptors (Lipinski definition) is 2. The third-order valence-corrected chi connectivity index (χ3v) is 4.82. The molecule has 2 heteroatoms. The maximum Gasteiger partial charge on any atom is 0.0689 e. The number of nitrogens with zero attached hydrogens (tertiary/aromatic N) is 1. The molecule has 0 amide bonds. The Morgan fingerprint density at radius 1 is 1.12 bits per heavy atom. The molecule has 2 rings (SSSR count). The molecule has 0 aromatic heterocycles. The van der Waals surface area contributed by atoms with Gasteiger partial charge in [-0.1, -0.05) is 13.8 Å². The molecular weight excluding hydrogens is 210 g/mol. The van der Waals surface area contributed by atoms with Crippen molar-refractivity contribution >= 4 is 0 Å². The van der Waals surface area contributed by atoms with E-state index in [4.69, 9.17) is 4.74 Å². The van der Waals surface area contributed by atoms with Crippen LogP contribution >= 0.6 is 0 Å². The van der Waals surface area contributed by atoms with Crippen LogP contribution in [0.3, 0.4) is 0 Å². The Morgan fingerprint density at radius 2 is 1.71 bits per heavy atom. The Labute approximate surface area is 105 Å². The fourth-order valence-corrected chi connectivity index (χ4v) is 3.27. The van der Waals surface area contributed by atoms with Crippen molar-refractivity contribution in [1.82, 2.24) is 0 Å². The molecule has 2 fully saturated rings. The molecule has 17 heavy (non-hydrogen) atoms. The first-order chi connectivity index (χ1) is 8.05. The quantitative estimate of drug-likeness (QED) is 0.727. The van der Waals surface area contributed by atoms with Gasteiger partial charge >= 0.3 is 0 Å². The van der Waals surface area contributed by atoms with Crippen molar-refractivity contribution < 1.29 is 4.74 Å². The van der Waals surface area contributed by atoms with Crippen molar-refractivity contribution in [3.8, 4) is 6.07 Å². The van der Waals surface area contributed by atoms with E-state index >= 15 is 0 Å². The lowest BCUT2D eigenvalue weighted by Gasteiger charge is -2.41. The average Bonchev–Trinajstić information content (AvgIpc) is 2.34. The van der Waals surface area contributed by atoms with Crippen LogP contribution in [0.15, 0.2) is 0 Å². The van der Waals surface area contributed by atoms with E-state index in [9.17, 15) is 5.26 Å². The summed E-state index contributed by atoms with van der Waals surface area (Å²) in [5.74, 6) is 0.726. The van der Waals surface area contributed by atoms with Gasteiger partial charge < -0.3 is 4.74 Å². The van der Waals surface area contributed by atoms with Crippen molar-refractivity contribution in [3.63, 3.8) is 0 Å². The number of ether oxygens (including phenoxy) is 1. The topological polar surface area (TPSA) is 33.0 Å². The van der Waals surface area contributed by atoms with Crippen molar-refractivity contribution in [2.45, 2.75) is 58.8 Å². The van der Waals surface area contributed by atoms with Crippen LogP contribution in [-0.2, 0) is 4.74 Å². The van der Waals surface area contributed by atoms with E-state index in [0.717, 1.165) is 51.2 Å². The van der Waals surface area contributed by atoms with Crippen molar-refractivity contribution in [2.75, 3.05) is 13.2 Å². The van der Waals surface area contributed by atoms with Gasteiger partial charge in [0.1, 0.15) is 0 Å². The number of nitriles is 1. The van der Waals surface area contributed by atoms with Crippen LogP contribution in [-0.4, -0.2) is 13.2 Å². The van der Waals surface area contributed by atoms with Crippen LogP contribution in [0, 0.1) is 28.1 Å². The lowest BCUT2D eigenvalue weighted by Crippen LogP contribution is -2.33. The molecule has 1 heterocycles. The molecule has 96 valence electrons. The lowest BCUT2D eigenvalue weighted by molar-refractivity contribution is 0.0407. The minimum atomic E-state index is -0.0163. The standard InChI is InChI=1S/C15H25NO/c1-14(2)5-7-15(12-16,8-6-14)11-13-3-9-17-10-4-13/h13H,3-11H2,1-2H3. The normalized spacial score (nSPS) is 28.5. The molecule has 0 bridgehead atoms. The maximum absolute atomic E-state index is 9.56. The van der Waals surface area contributed by atoms with Gasteiger partial charge in [-0.3, -0.25) is 0 Å². The molecule has 1 saturated heterocycles. The van der Waals surface area contributed by atoms with Gasteiger partial charge in [0.05, 0.1) is 11.5 Å². The van der Waals surface area contributed by atoms with E-state index in [2.05, 4.69) is 19.9 Å². The highest BCUT2D eigenvalue weighted by atomic mass is 16.5. The minimum absolute atomic E-state index is 0.0163. The molecule has 0 aromatic rings. The van der Waals surface area contributed by atoms with Crippen LogP contribution in [0.25, 0.3) is 0 Å². The zero-order valence-corrected chi connectivity index (χ0v) is 11.3. The van der Waals surface area contributed by atoms with Gasteiger partial charge in [-0.2, -0.15) is 5.26 Å². The SMILES string of the molecule is CC1(C)CCC(C#N)(CC2CCOCC2)CC1. The summed E-state index contributed by atoms with van der Waals surface area (Å²) in [5, 5.41) is 9.56. The molecule has 2 nitrogen and oxygen atoms in total. The van der Waals surface area contributed by atoms with Gasteiger partial charge in [0, 0.05) is 13.2 Å². The fraction of sp³-hybridized carbons (Fsp3) is 0.933. The molecule has 0 N–H and O–H groups in total. The minimum Gasteiger partial charge on any atom is -0.381 e. The predicted octanol–water partition coefficient (Wildman–Crippen LogP) is 3.91. The lowest BCUT2D eigenvalue weighted by atomic mass is 9.62. The molecule has 0 spiro atoms. The monoisotopic (exact) mass is 235 g/mol.